The fourth-order valence-corrected chi connectivity index (χ4v) is 7.19. The van der Waals surface area contributed by atoms with E-state index in [0.717, 1.165) is 25.7 Å². The summed E-state index contributed by atoms with van der Waals surface area (Å²) in [4.78, 5) is 43.6. The summed E-state index contributed by atoms with van der Waals surface area (Å²) in [6.45, 7) is 2.32. The number of anilines is 1. The summed E-state index contributed by atoms with van der Waals surface area (Å²) in [6, 6.07) is 11.3. The first-order chi connectivity index (χ1) is 20.2. The highest BCUT2D eigenvalue weighted by Crippen LogP contribution is 2.53. The van der Waals surface area contributed by atoms with E-state index in [1.807, 2.05) is 12.2 Å². The summed E-state index contributed by atoms with van der Waals surface area (Å²) in [5.41, 5.74) is 0.159. The van der Waals surface area contributed by atoms with Gasteiger partial charge in [0.1, 0.15) is 23.1 Å². The van der Waals surface area contributed by atoms with Gasteiger partial charge in [0.05, 0.1) is 38.7 Å². The Bertz CT molecular complexity index is 1390. The van der Waals surface area contributed by atoms with Gasteiger partial charge in [-0.2, -0.15) is 0 Å². The van der Waals surface area contributed by atoms with Gasteiger partial charge in [0.25, 0.3) is 0 Å². The van der Waals surface area contributed by atoms with Crippen LogP contribution in [-0.2, 0) is 19.1 Å². The van der Waals surface area contributed by atoms with Crippen molar-refractivity contribution in [3.8, 4) is 11.5 Å². The Morgan fingerprint density at radius 3 is 2.43 bits per heavy atom. The molecule has 7 atom stereocenters. The lowest BCUT2D eigenvalue weighted by Crippen LogP contribution is -2.49. The fraction of sp³-hybridized carbons (Fsp3) is 0.469. The van der Waals surface area contributed by atoms with Gasteiger partial charge >= 0.3 is 0 Å². The van der Waals surface area contributed by atoms with Gasteiger partial charge < -0.3 is 29.7 Å². The van der Waals surface area contributed by atoms with Crippen LogP contribution in [0.25, 0.3) is 0 Å². The zero-order chi connectivity index (χ0) is 29.6. The molecule has 2 saturated heterocycles. The highest BCUT2D eigenvalue weighted by Gasteiger charge is 2.68. The molecule has 1 aliphatic carbocycles. The van der Waals surface area contributed by atoms with Gasteiger partial charge in [0.2, 0.25) is 17.7 Å². The van der Waals surface area contributed by atoms with Crippen molar-refractivity contribution >= 4 is 35.0 Å². The number of nitrogens with zero attached hydrogens (tertiary/aromatic N) is 1. The molecule has 1 saturated carbocycles. The zero-order valence-electron chi connectivity index (χ0n) is 24.0. The number of ether oxygens (including phenoxy) is 3. The molecular weight excluding hydrogens is 558 g/mol. The smallest absolute Gasteiger partial charge is 0.247 e. The van der Waals surface area contributed by atoms with Crippen LogP contribution in [-0.4, -0.2) is 61.1 Å². The molecule has 7 unspecified atom stereocenters. The van der Waals surface area contributed by atoms with E-state index in [1.165, 1.54) is 14.2 Å². The van der Waals surface area contributed by atoms with E-state index in [1.54, 1.807) is 47.4 Å². The number of halogens is 1. The summed E-state index contributed by atoms with van der Waals surface area (Å²) < 4.78 is 17.0. The largest absolute Gasteiger partial charge is 0.497 e. The summed E-state index contributed by atoms with van der Waals surface area (Å²) in [6.07, 6.45) is 7.37. The topological polar surface area (TPSA) is 106 Å². The van der Waals surface area contributed by atoms with Crippen molar-refractivity contribution in [1.82, 2.24) is 10.2 Å². The van der Waals surface area contributed by atoms with Crippen LogP contribution in [0.15, 0.2) is 54.6 Å². The Kier molecular flexibility index (Phi) is 7.66. The Hall–Kier alpha value is -3.56. The third-order valence-electron chi connectivity index (χ3n) is 9.24. The minimum Gasteiger partial charge on any atom is -0.497 e. The second-order valence-corrected chi connectivity index (χ2v) is 12.2. The molecule has 0 radical (unpaired) electrons. The van der Waals surface area contributed by atoms with E-state index in [4.69, 9.17) is 25.8 Å². The normalized spacial score (nSPS) is 30.1. The van der Waals surface area contributed by atoms with Crippen molar-refractivity contribution in [2.45, 2.75) is 56.4 Å². The predicted molar refractivity (Wildman–Crippen MR) is 157 cm³/mol. The molecule has 9 nitrogen and oxygen atoms in total. The van der Waals surface area contributed by atoms with E-state index in [9.17, 15) is 14.4 Å². The third-order valence-corrected chi connectivity index (χ3v) is 9.49. The molecule has 2 aromatic carbocycles. The lowest BCUT2D eigenvalue weighted by atomic mass is 9.76. The maximum atomic E-state index is 14.3. The highest BCUT2D eigenvalue weighted by atomic mass is 35.5. The van der Waals surface area contributed by atoms with E-state index < -0.39 is 29.6 Å². The molecule has 2 bridgehead atoms. The summed E-state index contributed by atoms with van der Waals surface area (Å²) in [7, 11) is 3.07. The van der Waals surface area contributed by atoms with Crippen LogP contribution in [0.3, 0.4) is 0 Å². The Balaban J connectivity index is 1.29. The summed E-state index contributed by atoms with van der Waals surface area (Å²) in [5, 5.41) is 6.72. The number of nitrogens with one attached hydrogen (secondary N) is 2. The Morgan fingerprint density at radius 2 is 1.76 bits per heavy atom. The van der Waals surface area contributed by atoms with E-state index >= 15 is 0 Å². The molecule has 2 aromatic rings. The van der Waals surface area contributed by atoms with E-state index in [2.05, 4.69) is 17.6 Å². The lowest BCUT2D eigenvalue weighted by Gasteiger charge is -2.34. The third kappa shape index (κ3) is 5.02. The fourth-order valence-electron chi connectivity index (χ4n) is 7.06. The van der Waals surface area contributed by atoms with Crippen molar-refractivity contribution in [3.05, 3.63) is 65.2 Å². The van der Waals surface area contributed by atoms with E-state index in [-0.39, 0.29) is 30.3 Å². The van der Waals surface area contributed by atoms with Crippen molar-refractivity contribution in [3.63, 3.8) is 0 Å². The van der Waals surface area contributed by atoms with Crippen molar-refractivity contribution < 1.29 is 28.6 Å². The minimum absolute atomic E-state index is 0.0433. The minimum atomic E-state index is -0.987. The van der Waals surface area contributed by atoms with Gasteiger partial charge in [-0.1, -0.05) is 55.7 Å². The lowest BCUT2D eigenvalue weighted by molar-refractivity contribution is -0.142. The molecule has 2 N–H and O–H groups in total. The number of hydrogen-bond acceptors (Lipinski definition) is 6. The second-order valence-electron chi connectivity index (χ2n) is 11.8. The van der Waals surface area contributed by atoms with E-state index in [0.29, 0.717) is 33.7 Å². The number of carbonyl (C=O) groups excluding carboxylic acids is 3. The Labute approximate surface area is 250 Å². The number of methoxy groups -OCH3 is 2. The molecule has 3 amide bonds. The zero-order valence-corrected chi connectivity index (χ0v) is 24.7. The monoisotopic (exact) mass is 593 g/mol. The maximum Gasteiger partial charge on any atom is 0.247 e. The standard InChI is InChI=1S/C32H36ClN3O6/c1-18-6-4-5-7-24(18)35-30(38)28(19-8-10-20(33)11-9-19)36-17-32-13-12-25(42-32)26(27(32)31(36)39)29(37)34-21-14-22(40-2)16-23(15-21)41-3/h8-16,18,24-28H,4-7,17H2,1-3H3,(H,34,37)(H,35,38). The number of rotatable bonds is 8. The first-order valence-electron chi connectivity index (χ1n) is 14.5. The molecule has 6 rings (SSSR count). The van der Waals surface area contributed by atoms with Gasteiger partial charge in [0, 0.05) is 35.0 Å². The SMILES string of the molecule is COc1cc(NC(=O)C2C3C=CC4(CN(C(C(=O)NC5CCCCC5C)c5ccc(Cl)cc5)C(=O)C24)O3)cc(OC)c1. The molecule has 3 fully saturated rings. The van der Waals surface area contributed by atoms with Crippen LogP contribution < -0.4 is 20.1 Å². The molecule has 3 heterocycles. The molecule has 3 aliphatic heterocycles. The van der Waals surface area contributed by atoms with Crippen LogP contribution in [0.2, 0.25) is 5.02 Å². The summed E-state index contributed by atoms with van der Waals surface area (Å²) in [5.74, 6) is -0.986. The van der Waals surface area contributed by atoms with Crippen LogP contribution >= 0.6 is 11.6 Å². The van der Waals surface area contributed by atoms with Gasteiger partial charge in [-0.3, -0.25) is 14.4 Å². The number of fused-ring (bicyclic) bond motifs is 1. The number of amides is 3. The number of hydrogen-bond donors (Lipinski definition) is 2. The molecule has 42 heavy (non-hydrogen) atoms. The van der Waals surface area contributed by atoms with Crippen LogP contribution in [0.5, 0.6) is 11.5 Å². The number of carbonyl (C=O) groups is 3. The van der Waals surface area contributed by atoms with Crippen molar-refractivity contribution in [2.75, 3.05) is 26.1 Å². The number of benzene rings is 2. The van der Waals surface area contributed by atoms with Gasteiger partial charge in [-0.05, 0) is 36.5 Å². The average molecular weight is 594 g/mol. The maximum absolute atomic E-state index is 14.3. The Morgan fingerprint density at radius 1 is 1.07 bits per heavy atom. The molecule has 1 spiro atoms. The van der Waals surface area contributed by atoms with Gasteiger partial charge in [-0.25, -0.2) is 0 Å². The quantitative estimate of drug-likeness (QED) is 0.436. The number of likely N-dealkylation sites (tertiary alicyclic amines) is 1. The van der Waals surface area contributed by atoms with Crippen LogP contribution in [0.4, 0.5) is 5.69 Å². The summed E-state index contributed by atoms with van der Waals surface area (Å²) >= 11 is 6.18. The van der Waals surface area contributed by atoms with Crippen molar-refractivity contribution in [1.29, 1.82) is 0 Å². The molecule has 4 aliphatic rings. The van der Waals surface area contributed by atoms with Gasteiger partial charge in [0.15, 0.2) is 0 Å². The second kappa shape index (κ2) is 11.3. The predicted octanol–water partition coefficient (Wildman–Crippen LogP) is 4.51. The average Bonchev–Trinajstić information content (AvgIpc) is 3.63. The molecule has 0 aromatic heterocycles. The highest BCUT2D eigenvalue weighted by molar-refractivity contribution is 6.30. The van der Waals surface area contributed by atoms with Crippen LogP contribution in [0, 0.1) is 17.8 Å². The van der Waals surface area contributed by atoms with Gasteiger partial charge in [-0.15, -0.1) is 0 Å². The molecular formula is C32H36ClN3O6. The first-order valence-corrected chi connectivity index (χ1v) is 14.9. The van der Waals surface area contributed by atoms with Crippen LogP contribution in [0.1, 0.15) is 44.2 Å². The van der Waals surface area contributed by atoms with Crippen molar-refractivity contribution in [2.24, 2.45) is 17.8 Å². The molecule has 10 heteroatoms. The first kappa shape index (κ1) is 28.6. The molecule has 222 valence electrons.